The minimum atomic E-state index is -0.550. The Bertz CT molecular complexity index is 643. The molecule has 0 aliphatic carbocycles. The number of amides is 3. The smallest absolute Gasteiger partial charge is 0.326 e. The van der Waals surface area contributed by atoms with E-state index in [-0.39, 0.29) is 11.8 Å². The Morgan fingerprint density at radius 3 is 2.59 bits per heavy atom. The third-order valence-corrected chi connectivity index (χ3v) is 3.46. The lowest BCUT2D eigenvalue weighted by Crippen LogP contribution is -2.22. The van der Waals surface area contributed by atoms with Crippen LogP contribution < -0.4 is 20.1 Å². The number of carbonyl (C=O) groups is 2. The molecule has 0 aromatic heterocycles. The monoisotopic (exact) mass is 324 g/mol. The zero-order valence-corrected chi connectivity index (χ0v) is 13.3. The fourth-order valence-corrected chi connectivity index (χ4v) is 2.13. The largest absolute Gasteiger partial charge is 0.493 e. The van der Waals surface area contributed by atoms with Crippen LogP contribution in [-0.2, 0) is 4.79 Å². The summed E-state index contributed by atoms with van der Waals surface area (Å²) in [7, 11) is 1.51. The number of benzene rings is 1. The summed E-state index contributed by atoms with van der Waals surface area (Å²) >= 11 is 6.24. The second-order valence-electron chi connectivity index (χ2n) is 4.84. The van der Waals surface area contributed by atoms with Crippen molar-refractivity contribution >= 4 is 29.6 Å². The van der Waals surface area contributed by atoms with Crippen LogP contribution in [-0.4, -0.2) is 25.2 Å². The van der Waals surface area contributed by atoms with Gasteiger partial charge in [-0.05, 0) is 37.1 Å². The van der Waals surface area contributed by atoms with Gasteiger partial charge in [0.25, 0.3) is 5.91 Å². The van der Waals surface area contributed by atoms with Gasteiger partial charge in [-0.3, -0.25) is 10.1 Å². The fourth-order valence-electron chi connectivity index (χ4n) is 1.87. The van der Waals surface area contributed by atoms with E-state index in [1.54, 1.807) is 12.1 Å². The average Bonchev–Trinajstić information content (AvgIpc) is 2.79. The molecule has 1 aliphatic heterocycles. The quantitative estimate of drug-likeness (QED) is 0.645. The normalized spacial score (nSPS) is 17.2. The molecule has 7 heteroatoms. The van der Waals surface area contributed by atoms with Crippen molar-refractivity contribution in [1.82, 2.24) is 10.6 Å². The van der Waals surface area contributed by atoms with Crippen molar-refractivity contribution in [2.75, 3.05) is 7.11 Å². The van der Waals surface area contributed by atoms with Gasteiger partial charge in [-0.1, -0.05) is 18.5 Å². The second-order valence-corrected chi connectivity index (χ2v) is 5.24. The van der Waals surface area contributed by atoms with E-state index < -0.39 is 11.9 Å². The molecule has 2 N–H and O–H groups in total. The van der Waals surface area contributed by atoms with E-state index in [9.17, 15) is 9.59 Å². The second kappa shape index (κ2) is 6.70. The SMILES string of the molecule is CC[C@H](C)Oc1c(Cl)cc(/C=C2/NC(=O)NC2=O)cc1OC. The molecule has 1 aromatic carbocycles. The highest BCUT2D eigenvalue weighted by atomic mass is 35.5. The molecule has 0 radical (unpaired) electrons. The summed E-state index contributed by atoms with van der Waals surface area (Å²) in [6, 6.07) is 2.78. The number of hydrogen-bond acceptors (Lipinski definition) is 4. The van der Waals surface area contributed by atoms with Gasteiger partial charge in [0.15, 0.2) is 11.5 Å². The Kier molecular flexibility index (Phi) is 4.92. The lowest BCUT2D eigenvalue weighted by molar-refractivity contribution is -0.115. The molecular formula is C15H17ClN2O4. The molecule has 1 heterocycles. The first-order chi connectivity index (χ1) is 10.4. The number of rotatable bonds is 5. The van der Waals surface area contributed by atoms with Crippen molar-refractivity contribution in [3.05, 3.63) is 28.4 Å². The number of imide groups is 1. The maximum atomic E-state index is 11.5. The minimum Gasteiger partial charge on any atom is -0.493 e. The van der Waals surface area contributed by atoms with Gasteiger partial charge >= 0.3 is 6.03 Å². The van der Waals surface area contributed by atoms with Gasteiger partial charge < -0.3 is 14.8 Å². The first-order valence-corrected chi connectivity index (χ1v) is 7.20. The number of halogens is 1. The molecule has 2 rings (SSSR count). The van der Waals surface area contributed by atoms with Crippen LogP contribution in [0.15, 0.2) is 17.8 Å². The number of methoxy groups -OCH3 is 1. The Morgan fingerprint density at radius 2 is 2.05 bits per heavy atom. The lowest BCUT2D eigenvalue weighted by atomic mass is 10.1. The van der Waals surface area contributed by atoms with Crippen LogP contribution >= 0.6 is 11.6 Å². The minimum absolute atomic E-state index is 0.00416. The first kappa shape index (κ1) is 16.2. The highest BCUT2D eigenvalue weighted by Gasteiger charge is 2.23. The van der Waals surface area contributed by atoms with Crippen LogP contribution in [0, 0.1) is 0 Å². The number of hydrogen-bond donors (Lipinski definition) is 2. The van der Waals surface area contributed by atoms with E-state index in [1.165, 1.54) is 13.2 Å². The van der Waals surface area contributed by atoms with Crippen LogP contribution in [0.3, 0.4) is 0 Å². The summed E-state index contributed by atoms with van der Waals surface area (Å²) in [6.07, 6.45) is 2.34. The van der Waals surface area contributed by atoms with Crippen LogP contribution in [0.1, 0.15) is 25.8 Å². The number of nitrogens with one attached hydrogen (secondary N) is 2. The van der Waals surface area contributed by atoms with E-state index in [2.05, 4.69) is 10.6 Å². The molecular weight excluding hydrogens is 308 g/mol. The molecule has 1 atom stereocenters. The van der Waals surface area contributed by atoms with E-state index in [4.69, 9.17) is 21.1 Å². The zero-order chi connectivity index (χ0) is 16.3. The average molecular weight is 325 g/mol. The van der Waals surface area contributed by atoms with Crippen LogP contribution in [0.2, 0.25) is 5.02 Å². The Hall–Kier alpha value is -2.21. The van der Waals surface area contributed by atoms with Crippen molar-refractivity contribution in [1.29, 1.82) is 0 Å². The van der Waals surface area contributed by atoms with E-state index >= 15 is 0 Å². The first-order valence-electron chi connectivity index (χ1n) is 6.82. The molecule has 6 nitrogen and oxygen atoms in total. The van der Waals surface area contributed by atoms with Gasteiger partial charge in [-0.2, -0.15) is 0 Å². The molecule has 1 aliphatic rings. The standard InChI is InChI=1S/C15H17ClN2O4/c1-4-8(2)22-13-10(16)5-9(7-12(13)21-3)6-11-14(19)18-15(20)17-11/h5-8H,4H2,1-3H3,(H2,17,18,19,20)/b11-6+/t8-/m0/s1. The predicted octanol–water partition coefficient (Wildman–Crippen LogP) is 2.71. The number of carbonyl (C=O) groups excluding carboxylic acids is 2. The number of ether oxygens (including phenoxy) is 2. The van der Waals surface area contributed by atoms with E-state index in [0.717, 1.165) is 6.42 Å². The molecule has 22 heavy (non-hydrogen) atoms. The summed E-state index contributed by atoms with van der Waals surface area (Å²) in [5.41, 5.74) is 0.768. The van der Waals surface area contributed by atoms with Crippen LogP contribution in [0.5, 0.6) is 11.5 Å². The lowest BCUT2D eigenvalue weighted by Gasteiger charge is -2.17. The Balaban J connectivity index is 2.35. The van der Waals surface area contributed by atoms with Gasteiger partial charge in [0.2, 0.25) is 0 Å². The van der Waals surface area contributed by atoms with Gasteiger partial charge in [0.05, 0.1) is 18.2 Å². The van der Waals surface area contributed by atoms with Crippen molar-refractivity contribution in [3.63, 3.8) is 0 Å². The van der Waals surface area contributed by atoms with Crippen molar-refractivity contribution < 1.29 is 19.1 Å². The molecule has 1 saturated heterocycles. The van der Waals surface area contributed by atoms with Gasteiger partial charge in [0, 0.05) is 0 Å². The van der Waals surface area contributed by atoms with E-state index in [1.807, 2.05) is 13.8 Å². The van der Waals surface area contributed by atoms with Crippen LogP contribution in [0.4, 0.5) is 4.79 Å². The highest BCUT2D eigenvalue weighted by Crippen LogP contribution is 2.37. The van der Waals surface area contributed by atoms with Crippen molar-refractivity contribution in [2.45, 2.75) is 26.4 Å². The Labute approximate surface area is 133 Å². The third kappa shape index (κ3) is 3.51. The maximum Gasteiger partial charge on any atom is 0.326 e. The number of urea groups is 1. The summed E-state index contributed by atoms with van der Waals surface area (Å²) < 4.78 is 11.1. The topological polar surface area (TPSA) is 76.7 Å². The Morgan fingerprint density at radius 1 is 1.32 bits per heavy atom. The van der Waals surface area contributed by atoms with Gasteiger partial charge in [0.1, 0.15) is 5.70 Å². The highest BCUT2D eigenvalue weighted by molar-refractivity contribution is 6.32. The van der Waals surface area contributed by atoms with Crippen LogP contribution in [0.25, 0.3) is 6.08 Å². The zero-order valence-electron chi connectivity index (χ0n) is 12.5. The summed E-state index contributed by atoms with van der Waals surface area (Å²) in [5, 5.41) is 4.91. The molecule has 118 valence electrons. The van der Waals surface area contributed by atoms with E-state index in [0.29, 0.717) is 22.1 Å². The molecule has 0 saturated carbocycles. The van der Waals surface area contributed by atoms with Gasteiger partial charge in [-0.15, -0.1) is 0 Å². The molecule has 0 bridgehead atoms. The molecule has 0 spiro atoms. The van der Waals surface area contributed by atoms with Crippen molar-refractivity contribution in [2.24, 2.45) is 0 Å². The predicted molar refractivity (Wildman–Crippen MR) is 83.0 cm³/mol. The summed E-state index contributed by atoms with van der Waals surface area (Å²) in [4.78, 5) is 22.6. The van der Waals surface area contributed by atoms with Crippen molar-refractivity contribution in [3.8, 4) is 11.5 Å². The molecule has 1 aromatic rings. The summed E-state index contributed by atoms with van der Waals surface area (Å²) in [5.74, 6) is 0.435. The third-order valence-electron chi connectivity index (χ3n) is 3.18. The molecule has 0 unspecified atom stereocenters. The molecule has 3 amide bonds. The summed E-state index contributed by atoms with van der Waals surface area (Å²) in [6.45, 7) is 3.94. The van der Waals surface area contributed by atoms with Gasteiger partial charge in [-0.25, -0.2) is 4.79 Å². The fraction of sp³-hybridized carbons (Fsp3) is 0.333. The molecule has 1 fully saturated rings. The maximum absolute atomic E-state index is 11.5.